The third kappa shape index (κ3) is 5.68. The standard InChI is InChI=1S/C13H21N3O3S/c1-11(17)15-12-5-7-13(8-6-12)20(18,19)14-9-4-10-16(2)3/h5-8,14H,4,9-10H2,1-3H3,(H,15,17). The van der Waals surface area contributed by atoms with Crippen molar-refractivity contribution in [3.8, 4) is 0 Å². The van der Waals surface area contributed by atoms with Crippen LogP contribution in [0.25, 0.3) is 0 Å². The molecule has 0 aliphatic heterocycles. The molecule has 0 radical (unpaired) electrons. The van der Waals surface area contributed by atoms with E-state index in [4.69, 9.17) is 0 Å². The van der Waals surface area contributed by atoms with Gasteiger partial charge in [-0.2, -0.15) is 0 Å². The Balaban J connectivity index is 2.61. The number of carbonyl (C=O) groups is 1. The first-order valence-electron chi connectivity index (χ1n) is 6.33. The smallest absolute Gasteiger partial charge is 0.240 e. The van der Waals surface area contributed by atoms with E-state index in [1.807, 2.05) is 19.0 Å². The first kappa shape index (κ1) is 16.6. The molecule has 1 rings (SSSR count). The van der Waals surface area contributed by atoms with Gasteiger partial charge >= 0.3 is 0 Å². The van der Waals surface area contributed by atoms with Crippen LogP contribution in [-0.2, 0) is 14.8 Å². The highest BCUT2D eigenvalue weighted by Crippen LogP contribution is 2.13. The van der Waals surface area contributed by atoms with E-state index < -0.39 is 10.0 Å². The number of nitrogens with one attached hydrogen (secondary N) is 2. The van der Waals surface area contributed by atoms with Gasteiger partial charge in [-0.1, -0.05) is 0 Å². The van der Waals surface area contributed by atoms with E-state index in [1.165, 1.54) is 19.1 Å². The Labute approximate surface area is 120 Å². The Bertz CT molecular complexity index is 538. The van der Waals surface area contributed by atoms with Crippen molar-refractivity contribution in [2.75, 3.05) is 32.5 Å². The van der Waals surface area contributed by atoms with Crippen molar-refractivity contribution in [1.29, 1.82) is 0 Å². The SMILES string of the molecule is CC(=O)Nc1ccc(S(=O)(=O)NCCCN(C)C)cc1. The minimum Gasteiger partial charge on any atom is -0.326 e. The summed E-state index contributed by atoms with van der Waals surface area (Å²) >= 11 is 0. The van der Waals surface area contributed by atoms with Crippen LogP contribution >= 0.6 is 0 Å². The van der Waals surface area contributed by atoms with Gasteiger partial charge in [0.2, 0.25) is 15.9 Å². The summed E-state index contributed by atoms with van der Waals surface area (Å²) in [6.07, 6.45) is 0.746. The van der Waals surface area contributed by atoms with E-state index in [0.717, 1.165) is 13.0 Å². The average molecular weight is 299 g/mol. The van der Waals surface area contributed by atoms with Crippen LogP contribution in [0.4, 0.5) is 5.69 Å². The maximum Gasteiger partial charge on any atom is 0.240 e. The van der Waals surface area contributed by atoms with Gasteiger partial charge in [0.15, 0.2) is 0 Å². The fourth-order valence-corrected chi connectivity index (χ4v) is 2.68. The van der Waals surface area contributed by atoms with Gasteiger partial charge in [0.1, 0.15) is 0 Å². The maximum atomic E-state index is 12.0. The predicted molar refractivity (Wildman–Crippen MR) is 79.1 cm³/mol. The second-order valence-corrected chi connectivity index (χ2v) is 6.53. The fraction of sp³-hybridized carbons (Fsp3) is 0.462. The van der Waals surface area contributed by atoms with Crippen molar-refractivity contribution >= 4 is 21.6 Å². The number of carbonyl (C=O) groups excluding carboxylic acids is 1. The zero-order valence-electron chi connectivity index (χ0n) is 12.0. The van der Waals surface area contributed by atoms with Gasteiger partial charge < -0.3 is 10.2 Å². The first-order chi connectivity index (χ1) is 9.31. The molecule has 2 N–H and O–H groups in total. The molecule has 0 fully saturated rings. The zero-order chi connectivity index (χ0) is 15.2. The number of rotatable bonds is 7. The third-order valence-corrected chi connectivity index (χ3v) is 4.04. The van der Waals surface area contributed by atoms with Crippen molar-refractivity contribution in [3.05, 3.63) is 24.3 Å². The molecule has 0 saturated heterocycles. The van der Waals surface area contributed by atoms with E-state index in [0.29, 0.717) is 12.2 Å². The van der Waals surface area contributed by atoms with Gasteiger partial charge in [-0.15, -0.1) is 0 Å². The Morgan fingerprint density at radius 3 is 2.30 bits per heavy atom. The van der Waals surface area contributed by atoms with Crippen LogP contribution in [0.3, 0.4) is 0 Å². The highest BCUT2D eigenvalue weighted by atomic mass is 32.2. The minimum absolute atomic E-state index is 0.191. The molecule has 0 aliphatic carbocycles. The number of hydrogen-bond donors (Lipinski definition) is 2. The summed E-state index contributed by atoms with van der Waals surface area (Å²) < 4.78 is 26.5. The van der Waals surface area contributed by atoms with Crippen LogP contribution in [0, 0.1) is 0 Å². The van der Waals surface area contributed by atoms with Gasteiger partial charge in [-0.05, 0) is 51.3 Å². The quantitative estimate of drug-likeness (QED) is 0.733. The Morgan fingerprint density at radius 1 is 1.20 bits per heavy atom. The zero-order valence-corrected chi connectivity index (χ0v) is 12.8. The molecular formula is C13H21N3O3S. The topological polar surface area (TPSA) is 78.5 Å². The van der Waals surface area contributed by atoms with E-state index in [2.05, 4.69) is 10.0 Å². The van der Waals surface area contributed by atoms with Crippen LogP contribution in [0.5, 0.6) is 0 Å². The highest BCUT2D eigenvalue weighted by Gasteiger charge is 2.13. The monoisotopic (exact) mass is 299 g/mol. The number of anilines is 1. The van der Waals surface area contributed by atoms with Crippen LogP contribution in [0.1, 0.15) is 13.3 Å². The van der Waals surface area contributed by atoms with E-state index in [-0.39, 0.29) is 10.8 Å². The second kappa shape index (κ2) is 7.37. The molecular weight excluding hydrogens is 278 g/mol. The summed E-state index contributed by atoms with van der Waals surface area (Å²) in [5.41, 5.74) is 0.573. The molecule has 1 aromatic rings. The van der Waals surface area contributed by atoms with E-state index in [9.17, 15) is 13.2 Å². The average Bonchev–Trinajstić information content (AvgIpc) is 2.34. The fourth-order valence-electron chi connectivity index (χ4n) is 1.61. The summed E-state index contributed by atoms with van der Waals surface area (Å²) in [4.78, 5) is 13.1. The normalized spacial score (nSPS) is 11.6. The summed E-state index contributed by atoms with van der Waals surface area (Å²) in [6, 6.07) is 6.07. The van der Waals surface area contributed by atoms with Crippen molar-refractivity contribution in [2.45, 2.75) is 18.2 Å². The van der Waals surface area contributed by atoms with Crippen LogP contribution in [0.15, 0.2) is 29.2 Å². The summed E-state index contributed by atoms with van der Waals surface area (Å²) in [7, 11) is 0.395. The van der Waals surface area contributed by atoms with Crippen molar-refractivity contribution in [2.24, 2.45) is 0 Å². The number of hydrogen-bond acceptors (Lipinski definition) is 4. The molecule has 20 heavy (non-hydrogen) atoms. The number of benzene rings is 1. The van der Waals surface area contributed by atoms with Gasteiger partial charge in [0.25, 0.3) is 0 Å². The number of nitrogens with zero attached hydrogens (tertiary/aromatic N) is 1. The number of amides is 1. The summed E-state index contributed by atoms with van der Waals surface area (Å²) in [6.45, 7) is 2.62. The van der Waals surface area contributed by atoms with Gasteiger partial charge in [-0.25, -0.2) is 13.1 Å². The molecule has 0 aliphatic rings. The molecule has 0 saturated carbocycles. The largest absolute Gasteiger partial charge is 0.326 e. The van der Waals surface area contributed by atoms with Crippen LogP contribution < -0.4 is 10.0 Å². The van der Waals surface area contributed by atoms with Crippen LogP contribution in [-0.4, -0.2) is 46.4 Å². The molecule has 0 bridgehead atoms. The summed E-state index contributed by atoms with van der Waals surface area (Å²) in [5, 5.41) is 2.59. The predicted octanol–water partition coefficient (Wildman–Crippen LogP) is 0.875. The lowest BCUT2D eigenvalue weighted by Crippen LogP contribution is -2.27. The molecule has 0 heterocycles. The summed E-state index contributed by atoms with van der Waals surface area (Å²) in [5.74, 6) is -0.192. The van der Waals surface area contributed by atoms with Gasteiger partial charge in [0.05, 0.1) is 4.90 Å². The molecule has 7 heteroatoms. The van der Waals surface area contributed by atoms with E-state index in [1.54, 1.807) is 12.1 Å². The second-order valence-electron chi connectivity index (χ2n) is 4.76. The molecule has 6 nitrogen and oxygen atoms in total. The maximum absolute atomic E-state index is 12.0. The third-order valence-electron chi connectivity index (χ3n) is 2.56. The lowest BCUT2D eigenvalue weighted by atomic mass is 10.3. The van der Waals surface area contributed by atoms with Crippen LogP contribution in [0.2, 0.25) is 0 Å². The van der Waals surface area contributed by atoms with Gasteiger partial charge in [-0.3, -0.25) is 4.79 Å². The minimum atomic E-state index is -3.48. The van der Waals surface area contributed by atoms with Crippen molar-refractivity contribution < 1.29 is 13.2 Å². The van der Waals surface area contributed by atoms with Gasteiger partial charge in [0, 0.05) is 19.2 Å². The highest BCUT2D eigenvalue weighted by molar-refractivity contribution is 7.89. The molecule has 112 valence electrons. The Hall–Kier alpha value is -1.44. The molecule has 0 aromatic heterocycles. The van der Waals surface area contributed by atoms with E-state index >= 15 is 0 Å². The molecule has 0 spiro atoms. The first-order valence-corrected chi connectivity index (χ1v) is 7.81. The molecule has 0 atom stereocenters. The molecule has 1 aromatic carbocycles. The van der Waals surface area contributed by atoms with Crippen molar-refractivity contribution in [3.63, 3.8) is 0 Å². The molecule has 1 amide bonds. The van der Waals surface area contributed by atoms with Crippen molar-refractivity contribution in [1.82, 2.24) is 9.62 Å². The lowest BCUT2D eigenvalue weighted by molar-refractivity contribution is -0.114. The number of sulfonamides is 1. The molecule has 0 unspecified atom stereocenters. The Morgan fingerprint density at radius 2 is 1.80 bits per heavy atom. The lowest BCUT2D eigenvalue weighted by Gasteiger charge is -2.10. The Kier molecular flexibility index (Phi) is 6.12.